The molecule has 2 amide bonds. The molecule has 3 aromatic rings. The number of halogens is 5. The van der Waals surface area contributed by atoms with E-state index in [0.29, 0.717) is 38.2 Å². The minimum Gasteiger partial charge on any atom is -0.497 e. The van der Waals surface area contributed by atoms with Crippen molar-refractivity contribution in [3.05, 3.63) is 86.9 Å². The first-order valence-corrected chi connectivity index (χ1v) is 13.1. The largest absolute Gasteiger partial charge is 0.497 e. The van der Waals surface area contributed by atoms with Gasteiger partial charge in [-0.2, -0.15) is 13.2 Å². The van der Waals surface area contributed by atoms with E-state index in [1.807, 2.05) is 0 Å². The van der Waals surface area contributed by atoms with Crippen LogP contribution >= 0.6 is 23.2 Å². The summed E-state index contributed by atoms with van der Waals surface area (Å²) in [4.78, 5) is 29.6. The summed E-state index contributed by atoms with van der Waals surface area (Å²) >= 11 is 13.0. The molecule has 0 saturated heterocycles. The summed E-state index contributed by atoms with van der Waals surface area (Å²) in [6.07, 6.45) is -4.56. The molecule has 1 unspecified atom stereocenters. The van der Waals surface area contributed by atoms with E-state index in [0.717, 1.165) is 0 Å². The minimum atomic E-state index is -4.56. The fourth-order valence-corrected chi connectivity index (χ4v) is 5.46. The molecule has 0 radical (unpaired) electrons. The molecule has 0 bridgehead atoms. The van der Waals surface area contributed by atoms with E-state index in [1.165, 1.54) is 39.3 Å². The molecule has 1 heterocycles. The standard InChI is InChI=1S/C29H27Cl2F3N2O4/c1-5-35(16-29(32,33)34)26(37)17-7-10-23(31)21(12-17)28(2)22-13-19(30)8-11-24(22)36(27(28)38)15-18-6-9-20(39-3)14-25(18)40-4/h6-14H,5,15-16H2,1-4H3. The molecule has 0 fully saturated rings. The van der Waals surface area contributed by atoms with Gasteiger partial charge in [0.1, 0.15) is 23.5 Å². The van der Waals surface area contributed by atoms with Gasteiger partial charge in [0.05, 0.1) is 20.8 Å². The van der Waals surface area contributed by atoms with Crippen molar-refractivity contribution in [2.45, 2.75) is 32.0 Å². The van der Waals surface area contributed by atoms with Crippen molar-refractivity contribution in [1.29, 1.82) is 0 Å². The van der Waals surface area contributed by atoms with Crippen LogP contribution < -0.4 is 14.4 Å². The van der Waals surface area contributed by atoms with Crippen LogP contribution in [0.2, 0.25) is 10.0 Å². The van der Waals surface area contributed by atoms with Gasteiger partial charge >= 0.3 is 6.18 Å². The van der Waals surface area contributed by atoms with E-state index < -0.39 is 24.0 Å². The highest BCUT2D eigenvalue weighted by Gasteiger charge is 2.50. The van der Waals surface area contributed by atoms with E-state index in [2.05, 4.69) is 0 Å². The van der Waals surface area contributed by atoms with Crippen LogP contribution in [0.1, 0.15) is 40.9 Å². The SMILES string of the molecule is CCN(CC(F)(F)F)C(=O)c1ccc(Cl)c(C2(C)C(=O)N(Cc3ccc(OC)cc3OC)c3ccc(Cl)cc32)c1. The maximum atomic E-state index is 14.2. The highest BCUT2D eigenvalue weighted by Crippen LogP contribution is 2.49. The van der Waals surface area contributed by atoms with Gasteiger partial charge in [-0.1, -0.05) is 23.2 Å². The molecule has 0 aromatic heterocycles. The van der Waals surface area contributed by atoms with Gasteiger partial charge in [-0.05, 0) is 73.5 Å². The minimum absolute atomic E-state index is 0.0154. The van der Waals surface area contributed by atoms with Crippen LogP contribution in [0.4, 0.5) is 18.9 Å². The number of amides is 2. The Balaban J connectivity index is 1.81. The van der Waals surface area contributed by atoms with Crippen molar-refractivity contribution < 1.29 is 32.2 Å². The van der Waals surface area contributed by atoms with Gasteiger partial charge in [0.15, 0.2) is 0 Å². The van der Waals surface area contributed by atoms with E-state index in [9.17, 15) is 22.8 Å². The zero-order valence-corrected chi connectivity index (χ0v) is 23.7. The van der Waals surface area contributed by atoms with Crippen molar-refractivity contribution in [1.82, 2.24) is 4.90 Å². The smallest absolute Gasteiger partial charge is 0.406 e. The average molecular weight is 595 g/mol. The quantitative estimate of drug-likeness (QED) is 0.285. The summed E-state index contributed by atoms with van der Waals surface area (Å²) in [5.74, 6) is -0.0637. The fraction of sp³-hybridized carbons (Fsp3) is 0.310. The molecule has 0 N–H and O–H groups in total. The van der Waals surface area contributed by atoms with Crippen LogP contribution in [0.25, 0.3) is 0 Å². The number of hydrogen-bond acceptors (Lipinski definition) is 4. The van der Waals surface area contributed by atoms with Crippen molar-refractivity contribution in [2.24, 2.45) is 0 Å². The van der Waals surface area contributed by atoms with Gasteiger partial charge in [-0.3, -0.25) is 9.59 Å². The number of nitrogens with zero attached hydrogens (tertiary/aromatic N) is 2. The Morgan fingerprint density at radius 2 is 1.73 bits per heavy atom. The van der Waals surface area contributed by atoms with Gasteiger partial charge in [-0.15, -0.1) is 0 Å². The summed E-state index contributed by atoms with van der Waals surface area (Å²) < 4.78 is 50.1. The predicted molar refractivity (Wildman–Crippen MR) is 148 cm³/mol. The lowest BCUT2D eigenvalue weighted by Crippen LogP contribution is -2.40. The molecule has 3 aromatic carbocycles. The van der Waals surface area contributed by atoms with Crippen molar-refractivity contribution in [3.63, 3.8) is 0 Å². The Bertz CT molecular complexity index is 1460. The van der Waals surface area contributed by atoms with E-state index >= 15 is 0 Å². The Labute approximate surface area is 240 Å². The summed E-state index contributed by atoms with van der Waals surface area (Å²) in [5, 5.41) is 0.563. The fourth-order valence-electron chi connectivity index (χ4n) is 4.98. The normalized spacial score (nSPS) is 16.6. The Morgan fingerprint density at radius 1 is 1.00 bits per heavy atom. The first kappa shape index (κ1) is 29.6. The molecular weight excluding hydrogens is 568 g/mol. The lowest BCUT2D eigenvalue weighted by molar-refractivity contribution is -0.140. The predicted octanol–water partition coefficient (Wildman–Crippen LogP) is 6.89. The van der Waals surface area contributed by atoms with Crippen LogP contribution in [-0.4, -0.2) is 50.2 Å². The Morgan fingerprint density at radius 3 is 2.35 bits per heavy atom. The second-order valence-corrected chi connectivity index (χ2v) is 10.3. The summed E-state index contributed by atoms with van der Waals surface area (Å²) in [6, 6.07) is 14.5. The van der Waals surface area contributed by atoms with Crippen molar-refractivity contribution >= 4 is 40.7 Å². The lowest BCUT2D eigenvalue weighted by atomic mass is 9.76. The summed E-state index contributed by atoms with van der Waals surface area (Å²) in [6.45, 7) is 1.72. The maximum absolute atomic E-state index is 14.2. The molecular formula is C29H27Cl2F3N2O4. The zero-order valence-electron chi connectivity index (χ0n) is 22.2. The van der Waals surface area contributed by atoms with Crippen molar-refractivity contribution in [2.75, 3.05) is 32.2 Å². The number of carbonyl (C=O) groups is 2. The number of methoxy groups -OCH3 is 2. The van der Waals surface area contributed by atoms with Crippen LogP contribution in [0, 0.1) is 0 Å². The molecule has 4 rings (SSSR count). The van der Waals surface area contributed by atoms with E-state index in [-0.39, 0.29) is 35.1 Å². The molecule has 1 atom stereocenters. The van der Waals surface area contributed by atoms with Crippen molar-refractivity contribution in [3.8, 4) is 11.5 Å². The molecule has 6 nitrogen and oxygen atoms in total. The second kappa shape index (κ2) is 11.2. The molecule has 11 heteroatoms. The van der Waals surface area contributed by atoms with Gasteiger partial charge in [-0.25, -0.2) is 0 Å². The van der Waals surface area contributed by atoms with Crippen LogP contribution in [-0.2, 0) is 16.8 Å². The number of ether oxygens (including phenoxy) is 2. The van der Waals surface area contributed by atoms with Gasteiger partial charge in [0.25, 0.3) is 5.91 Å². The number of fused-ring (bicyclic) bond motifs is 1. The third kappa shape index (κ3) is 5.45. The first-order chi connectivity index (χ1) is 18.8. The highest BCUT2D eigenvalue weighted by atomic mass is 35.5. The topological polar surface area (TPSA) is 59.1 Å². The Hall–Kier alpha value is -3.43. The number of anilines is 1. The third-order valence-electron chi connectivity index (χ3n) is 7.07. The molecule has 0 saturated carbocycles. The maximum Gasteiger partial charge on any atom is 0.406 e. The highest BCUT2D eigenvalue weighted by molar-refractivity contribution is 6.33. The van der Waals surface area contributed by atoms with Gasteiger partial charge < -0.3 is 19.3 Å². The molecule has 0 spiro atoms. The molecule has 0 aliphatic carbocycles. The second-order valence-electron chi connectivity index (χ2n) is 9.48. The number of rotatable bonds is 8. The van der Waals surface area contributed by atoms with Crippen LogP contribution in [0.5, 0.6) is 11.5 Å². The van der Waals surface area contributed by atoms with Crippen LogP contribution in [0.3, 0.4) is 0 Å². The first-order valence-electron chi connectivity index (χ1n) is 12.3. The van der Waals surface area contributed by atoms with E-state index in [4.69, 9.17) is 32.7 Å². The third-order valence-corrected chi connectivity index (χ3v) is 7.64. The number of alkyl halides is 3. The molecule has 1 aliphatic rings. The number of carbonyl (C=O) groups excluding carboxylic acids is 2. The average Bonchev–Trinajstić information content (AvgIpc) is 3.13. The van der Waals surface area contributed by atoms with Gasteiger partial charge in [0, 0.05) is 39.5 Å². The molecule has 1 aliphatic heterocycles. The lowest BCUT2D eigenvalue weighted by Gasteiger charge is -2.28. The summed E-state index contributed by atoms with van der Waals surface area (Å²) in [5.41, 5.74) is 0.706. The van der Waals surface area contributed by atoms with Crippen LogP contribution in [0.15, 0.2) is 54.6 Å². The summed E-state index contributed by atoms with van der Waals surface area (Å²) in [7, 11) is 3.05. The monoisotopic (exact) mass is 594 g/mol. The number of benzene rings is 3. The zero-order chi connectivity index (χ0) is 29.4. The number of hydrogen-bond donors (Lipinski definition) is 0. The molecule has 40 heavy (non-hydrogen) atoms. The van der Waals surface area contributed by atoms with Gasteiger partial charge in [0.2, 0.25) is 5.91 Å². The Kier molecular flexibility index (Phi) is 8.28. The van der Waals surface area contributed by atoms with E-state index in [1.54, 1.807) is 48.2 Å². The molecule has 212 valence electrons.